The van der Waals surface area contributed by atoms with Crippen molar-refractivity contribution in [1.82, 2.24) is 13.4 Å². The van der Waals surface area contributed by atoms with Crippen LogP contribution in [0.4, 0.5) is 0 Å². The summed E-state index contributed by atoms with van der Waals surface area (Å²) in [5, 5.41) is 2.93. The summed E-state index contributed by atoms with van der Waals surface area (Å²) in [5.74, 6) is 0. The van der Waals surface area contributed by atoms with E-state index >= 15 is 0 Å². The van der Waals surface area contributed by atoms with Gasteiger partial charge in [-0.2, -0.15) is 8.42 Å². The van der Waals surface area contributed by atoms with Crippen molar-refractivity contribution in [2.75, 3.05) is 6.54 Å². The third-order valence-electron chi connectivity index (χ3n) is 3.91. The fraction of sp³-hybridized carbons (Fsp3) is 0.133. The van der Waals surface area contributed by atoms with Crippen LogP contribution in [0.25, 0.3) is 15.9 Å². The minimum atomic E-state index is -3.95. The van der Waals surface area contributed by atoms with Gasteiger partial charge in [0.05, 0.1) is 5.52 Å². The van der Waals surface area contributed by atoms with E-state index in [-0.39, 0.29) is 10.2 Å². The quantitative estimate of drug-likeness (QED) is 0.554. The van der Waals surface area contributed by atoms with Crippen molar-refractivity contribution >= 4 is 60.4 Å². The highest BCUT2D eigenvalue weighted by atomic mass is 35.5. The van der Waals surface area contributed by atoms with Crippen LogP contribution in [0.15, 0.2) is 41.0 Å². The Morgan fingerprint density at radius 1 is 1.28 bits per heavy atom. The highest BCUT2D eigenvalue weighted by molar-refractivity contribution is 7.90. The van der Waals surface area contributed by atoms with E-state index in [1.165, 1.54) is 19.7 Å². The normalized spacial score (nSPS) is 12.4. The topological polar surface area (TPSA) is 82.4 Å². The molecule has 0 radical (unpaired) electrons. The lowest BCUT2D eigenvalue weighted by Crippen LogP contribution is -2.14. The van der Waals surface area contributed by atoms with E-state index in [4.69, 9.17) is 28.9 Å². The molecule has 10 heteroatoms. The molecule has 0 atom stereocenters. The van der Waals surface area contributed by atoms with Gasteiger partial charge in [-0.25, -0.2) is 8.96 Å². The Kier molecular flexibility index (Phi) is 4.04. The van der Waals surface area contributed by atoms with Crippen LogP contribution in [0.5, 0.6) is 0 Å². The van der Waals surface area contributed by atoms with Crippen LogP contribution < -0.4 is 5.73 Å². The van der Waals surface area contributed by atoms with Gasteiger partial charge in [-0.15, -0.1) is 11.3 Å². The highest BCUT2D eigenvalue weighted by Gasteiger charge is 2.28. The van der Waals surface area contributed by atoms with Crippen molar-refractivity contribution in [1.29, 1.82) is 0 Å². The number of fused-ring (bicyclic) bond motifs is 2. The maximum Gasteiger partial charge on any atom is 0.287 e. The summed E-state index contributed by atoms with van der Waals surface area (Å²) in [7, 11) is -3.95. The molecule has 0 saturated heterocycles. The molecule has 0 bridgehead atoms. The van der Waals surface area contributed by atoms with E-state index in [0.717, 1.165) is 10.9 Å². The molecular formula is C15H12Cl2N4O2S2. The van der Waals surface area contributed by atoms with Crippen LogP contribution in [0.3, 0.4) is 0 Å². The zero-order valence-corrected chi connectivity index (χ0v) is 15.8. The van der Waals surface area contributed by atoms with E-state index in [1.807, 2.05) is 0 Å². The second kappa shape index (κ2) is 6.00. The molecule has 3 aromatic heterocycles. The predicted octanol–water partition coefficient (Wildman–Crippen LogP) is 3.40. The Hall–Kier alpha value is -1.58. The molecule has 1 aromatic carbocycles. The molecule has 0 amide bonds. The minimum Gasteiger partial charge on any atom is -0.330 e. The predicted molar refractivity (Wildman–Crippen MR) is 100 cm³/mol. The van der Waals surface area contributed by atoms with Crippen molar-refractivity contribution in [2.45, 2.75) is 11.4 Å². The van der Waals surface area contributed by atoms with E-state index in [1.54, 1.807) is 36.0 Å². The molecule has 6 nitrogen and oxygen atoms in total. The van der Waals surface area contributed by atoms with Crippen LogP contribution in [0, 0.1) is 0 Å². The van der Waals surface area contributed by atoms with Crippen molar-refractivity contribution in [3.63, 3.8) is 0 Å². The lowest BCUT2D eigenvalue weighted by atomic mass is 10.1. The van der Waals surface area contributed by atoms with E-state index in [2.05, 4.69) is 4.98 Å². The maximum absolute atomic E-state index is 13.3. The number of halogens is 2. The number of benzene rings is 1. The first-order valence-corrected chi connectivity index (χ1v) is 10.4. The first-order valence-electron chi connectivity index (χ1n) is 7.29. The van der Waals surface area contributed by atoms with E-state index < -0.39 is 10.0 Å². The molecule has 0 aliphatic heterocycles. The third-order valence-corrected chi connectivity index (χ3v) is 6.98. The van der Waals surface area contributed by atoms with Crippen LogP contribution in [-0.4, -0.2) is 28.3 Å². The Labute approximate surface area is 157 Å². The van der Waals surface area contributed by atoms with Crippen LogP contribution in [0.1, 0.15) is 5.56 Å². The number of hydrogen-bond acceptors (Lipinski definition) is 5. The van der Waals surface area contributed by atoms with Gasteiger partial charge >= 0.3 is 0 Å². The van der Waals surface area contributed by atoms with Crippen LogP contribution >= 0.6 is 34.5 Å². The number of aromatic nitrogens is 3. The second-order valence-electron chi connectivity index (χ2n) is 5.42. The molecule has 0 fully saturated rings. The fourth-order valence-electron chi connectivity index (χ4n) is 2.85. The van der Waals surface area contributed by atoms with Gasteiger partial charge in [0.25, 0.3) is 10.0 Å². The SMILES string of the molecule is NCCc1cn(S(=O)(=O)c2c(Cl)nc3sccn23)c2ccc(Cl)cc12. The number of thiazole rings is 1. The molecule has 3 heterocycles. The summed E-state index contributed by atoms with van der Waals surface area (Å²) in [6.07, 6.45) is 3.74. The molecule has 0 spiro atoms. The molecule has 0 aliphatic carbocycles. The number of nitrogens with two attached hydrogens (primary N) is 1. The lowest BCUT2D eigenvalue weighted by Gasteiger charge is -2.07. The molecule has 2 N–H and O–H groups in total. The summed E-state index contributed by atoms with van der Waals surface area (Å²) in [4.78, 5) is 4.63. The maximum atomic E-state index is 13.3. The Bertz CT molecular complexity index is 1210. The number of rotatable bonds is 4. The van der Waals surface area contributed by atoms with Gasteiger partial charge in [-0.3, -0.25) is 4.40 Å². The molecule has 4 aromatic rings. The van der Waals surface area contributed by atoms with Gasteiger partial charge in [0.2, 0.25) is 5.03 Å². The first-order chi connectivity index (χ1) is 11.9. The molecular weight excluding hydrogens is 403 g/mol. The minimum absolute atomic E-state index is 0.0527. The summed E-state index contributed by atoms with van der Waals surface area (Å²) in [6.45, 7) is 0.397. The van der Waals surface area contributed by atoms with E-state index in [9.17, 15) is 8.42 Å². The number of nitrogens with zero attached hydrogens (tertiary/aromatic N) is 3. The van der Waals surface area contributed by atoms with Gasteiger partial charge in [-0.1, -0.05) is 23.2 Å². The van der Waals surface area contributed by atoms with Gasteiger partial charge in [0.1, 0.15) is 0 Å². The summed E-state index contributed by atoms with van der Waals surface area (Å²) >= 11 is 13.5. The number of hydrogen-bond donors (Lipinski definition) is 1. The van der Waals surface area contributed by atoms with Gasteiger partial charge in [0, 0.05) is 28.2 Å². The van der Waals surface area contributed by atoms with Gasteiger partial charge in [0.15, 0.2) is 10.1 Å². The highest BCUT2D eigenvalue weighted by Crippen LogP contribution is 2.32. The monoisotopic (exact) mass is 414 g/mol. The Morgan fingerprint density at radius 2 is 2.08 bits per heavy atom. The third kappa shape index (κ3) is 2.56. The van der Waals surface area contributed by atoms with Crippen molar-refractivity contribution in [3.8, 4) is 0 Å². The Balaban J connectivity index is 2.03. The van der Waals surface area contributed by atoms with Gasteiger partial charge < -0.3 is 5.73 Å². The zero-order valence-electron chi connectivity index (χ0n) is 12.7. The van der Waals surface area contributed by atoms with Crippen LogP contribution in [0.2, 0.25) is 10.2 Å². The summed E-state index contributed by atoms with van der Waals surface area (Å²) in [6, 6.07) is 5.07. The molecule has 0 aliphatic rings. The van der Waals surface area contributed by atoms with Crippen molar-refractivity contribution in [3.05, 3.63) is 51.7 Å². The van der Waals surface area contributed by atoms with Crippen LogP contribution in [-0.2, 0) is 16.4 Å². The molecule has 4 rings (SSSR count). The molecule has 130 valence electrons. The second-order valence-corrected chi connectivity index (χ2v) is 8.82. The molecule has 25 heavy (non-hydrogen) atoms. The average Bonchev–Trinajstić information content (AvgIpc) is 3.20. The smallest absolute Gasteiger partial charge is 0.287 e. The van der Waals surface area contributed by atoms with Gasteiger partial charge in [-0.05, 0) is 36.7 Å². The summed E-state index contributed by atoms with van der Waals surface area (Å²) in [5.41, 5.74) is 6.99. The molecule has 0 saturated carbocycles. The summed E-state index contributed by atoms with van der Waals surface area (Å²) < 4.78 is 29.3. The molecule has 0 unspecified atom stereocenters. The van der Waals surface area contributed by atoms with Crippen molar-refractivity contribution < 1.29 is 8.42 Å². The van der Waals surface area contributed by atoms with E-state index in [0.29, 0.717) is 28.5 Å². The number of imidazole rings is 1. The first kappa shape index (κ1) is 16.9. The Morgan fingerprint density at radius 3 is 2.84 bits per heavy atom. The fourth-order valence-corrected chi connectivity index (χ4v) is 5.84. The van der Waals surface area contributed by atoms with Crippen molar-refractivity contribution in [2.24, 2.45) is 5.73 Å². The lowest BCUT2D eigenvalue weighted by molar-refractivity contribution is 0.584. The standard InChI is InChI=1S/C15H12Cl2N4O2S2/c16-10-1-2-12-11(7-10)9(3-4-18)8-21(12)25(22,23)14-13(17)19-15-20(14)5-6-24-15/h1-2,5-8H,3-4,18H2. The zero-order chi connectivity index (χ0) is 17.8. The largest absolute Gasteiger partial charge is 0.330 e. The average molecular weight is 415 g/mol.